The van der Waals surface area contributed by atoms with Gasteiger partial charge in [-0.2, -0.15) is 0 Å². The molecule has 1 N–H and O–H groups in total. The number of imidazole rings is 1. The van der Waals surface area contributed by atoms with E-state index in [2.05, 4.69) is 20.9 Å². The van der Waals surface area contributed by atoms with Gasteiger partial charge in [-0.3, -0.25) is 4.40 Å². The van der Waals surface area contributed by atoms with Gasteiger partial charge in [0.05, 0.1) is 19.2 Å². The van der Waals surface area contributed by atoms with Crippen molar-refractivity contribution < 1.29 is 9.84 Å². The Labute approximate surface area is 95.6 Å². The predicted molar refractivity (Wildman–Crippen MR) is 60.2 cm³/mol. The lowest BCUT2D eigenvalue weighted by Crippen LogP contribution is -2.01. The summed E-state index contributed by atoms with van der Waals surface area (Å²) in [5.41, 5.74) is 0.942. The van der Waals surface area contributed by atoms with E-state index >= 15 is 0 Å². The summed E-state index contributed by atoms with van der Waals surface area (Å²) in [4.78, 5) is 4.33. The van der Waals surface area contributed by atoms with Crippen molar-refractivity contribution in [1.29, 1.82) is 0 Å². The maximum atomic E-state index is 8.94. The van der Waals surface area contributed by atoms with Crippen molar-refractivity contribution in [2.24, 2.45) is 0 Å². The zero-order valence-electron chi connectivity index (χ0n) is 8.27. The average Bonchev–Trinajstić information content (AvgIpc) is 2.57. The smallest absolute Gasteiger partial charge is 0.199 e. The van der Waals surface area contributed by atoms with Crippen LogP contribution in [0.15, 0.2) is 22.8 Å². The molecule has 0 fully saturated rings. The lowest BCUT2D eigenvalue weighted by atomic mass is 10.4. The van der Waals surface area contributed by atoms with Gasteiger partial charge < -0.3 is 9.84 Å². The van der Waals surface area contributed by atoms with Crippen molar-refractivity contribution in [2.75, 3.05) is 13.7 Å². The van der Waals surface area contributed by atoms with Crippen LogP contribution in [0.3, 0.4) is 0 Å². The molecule has 0 amide bonds. The predicted octanol–water partition coefficient (Wildman–Crippen LogP) is 1.64. The highest BCUT2D eigenvalue weighted by atomic mass is 79.9. The van der Waals surface area contributed by atoms with Gasteiger partial charge in [0.2, 0.25) is 0 Å². The molecule has 0 aliphatic carbocycles. The van der Waals surface area contributed by atoms with Crippen LogP contribution < -0.4 is 4.74 Å². The fourth-order valence-corrected chi connectivity index (χ4v) is 2.08. The topological polar surface area (TPSA) is 46.8 Å². The molecule has 5 heteroatoms. The quantitative estimate of drug-likeness (QED) is 0.923. The molecule has 0 aromatic carbocycles. The van der Waals surface area contributed by atoms with Gasteiger partial charge in [0.15, 0.2) is 5.88 Å². The van der Waals surface area contributed by atoms with Crippen LogP contribution >= 0.6 is 15.9 Å². The van der Waals surface area contributed by atoms with Crippen LogP contribution in [0.5, 0.6) is 5.88 Å². The number of pyridine rings is 1. The Hall–Kier alpha value is -1.07. The van der Waals surface area contributed by atoms with Crippen LogP contribution in [0.2, 0.25) is 0 Å². The molecule has 15 heavy (non-hydrogen) atoms. The molecule has 0 atom stereocenters. The molecule has 4 nitrogen and oxygen atoms in total. The van der Waals surface area contributed by atoms with Crippen molar-refractivity contribution >= 4 is 21.4 Å². The first-order valence-electron chi connectivity index (χ1n) is 4.58. The Kier molecular flexibility index (Phi) is 2.93. The van der Waals surface area contributed by atoms with E-state index < -0.39 is 0 Å². The van der Waals surface area contributed by atoms with Crippen LogP contribution in [0.1, 0.15) is 5.82 Å². The van der Waals surface area contributed by atoms with E-state index in [0.717, 1.165) is 15.9 Å². The molecule has 0 aliphatic heterocycles. The maximum absolute atomic E-state index is 8.94. The molecule has 0 spiro atoms. The zero-order chi connectivity index (χ0) is 10.8. The summed E-state index contributed by atoms with van der Waals surface area (Å²) in [5.74, 6) is 1.51. The summed E-state index contributed by atoms with van der Waals surface area (Å²) in [6.07, 6.45) is 0.507. The van der Waals surface area contributed by atoms with Gasteiger partial charge in [-0.05, 0) is 28.1 Å². The molecule has 2 rings (SSSR count). The molecule has 0 radical (unpaired) electrons. The number of aliphatic hydroxyl groups is 1. The van der Waals surface area contributed by atoms with Crippen molar-refractivity contribution in [2.45, 2.75) is 6.42 Å². The average molecular weight is 271 g/mol. The number of hydrogen-bond donors (Lipinski definition) is 1. The molecular formula is C10H11BrN2O2. The van der Waals surface area contributed by atoms with Gasteiger partial charge in [0, 0.05) is 6.42 Å². The second-order valence-corrected chi connectivity index (χ2v) is 3.83. The molecule has 0 saturated heterocycles. The van der Waals surface area contributed by atoms with Gasteiger partial charge in [-0.25, -0.2) is 4.98 Å². The monoisotopic (exact) mass is 270 g/mol. The Morgan fingerprint density at radius 3 is 3.00 bits per heavy atom. The number of nitrogens with zero attached hydrogens (tertiary/aromatic N) is 2. The number of rotatable bonds is 3. The minimum atomic E-state index is 0.0730. The van der Waals surface area contributed by atoms with Crippen molar-refractivity contribution in [1.82, 2.24) is 9.38 Å². The normalized spacial score (nSPS) is 10.9. The lowest BCUT2D eigenvalue weighted by Gasteiger charge is -2.05. The highest BCUT2D eigenvalue weighted by Gasteiger charge is 2.11. The van der Waals surface area contributed by atoms with E-state index in [9.17, 15) is 0 Å². The summed E-state index contributed by atoms with van der Waals surface area (Å²) in [6, 6.07) is 5.71. The lowest BCUT2D eigenvalue weighted by molar-refractivity contribution is 0.295. The van der Waals surface area contributed by atoms with Gasteiger partial charge >= 0.3 is 0 Å². The number of ether oxygens (including phenoxy) is 1. The molecular weight excluding hydrogens is 260 g/mol. The SMILES string of the molecule is COc1cccc2c(Br)nc(CCO)n12. The first kappa shape index (κ1) is 10.4. The Balaban J connectivity index is 2.70. The van der Waals surface area contributed by atoms with E-state index in [1.54, 1.807) is 7.11 Å². The molecule has 2 aromatic rings. The number of halogens is 1. The van der Waals surface area contributed by atoms with Gasteiger partial charge in [-0.15, -0.1) is 0 Å². The molecule has 0 aliphatic rings. The zero-order valence-corrected chi connectivity index (χ0v) is 9.86. The molecule has 0 unspecified atom stereocenters. The number of fused-ring (bicyclic) bond motifs is 1. The van der Waals surface area contributed by atoms with E-state index in [4.69, 9.17) is 9.84 Å². The number of hydrogen-bond acceptors (Lipinski definition) is 3. The van der Waals surface area contributed by atoms with Gasteiger partial charge in [0.25, 0.3) is 0 Å². The largest absolute Gasteiger partial charge is 0.482 e. The first-order chi connectivity index (χ1) is 7.27. The molecule has 80 valence electrons. The standard InChI is InChI=1S/C10H11BrN2O2/c1-15-9-4-2-3-7-10(11)12-8(5-6-14)13(7)9/h2-4,14H,5-6H2,1H3. The summed E-state index contributed by atoms with van der Waals surface area (Å²) in [7, 11) is 1.62. The van der Waals surface area contributed by atoms with Crippen molar-refractivity contribution in [3.63, 3.8) is 0 Å². The third kappa shape index (κ3) is 1.72. The first-order valence-corrected chi connectivity index (χ1v) is 5.38. The van der Waals surface area contributed by atoms with Crippen LogP contribution in [-0.2, 0) is 6.42 Å². The van der Waals surface area contributed by atoms with Crippen molar-refractivity contribution in [3.05, 3.63) is 28.6 Å². The number of aliphatic hydroxyl groups excluding tert-OH is 1. The summed E-state index contributed by atoms with van der Waals surface area (Å²) < 4.78 is 7.91. The third-order valence-corrected chi connectivity index (χ3v) is 2.78. The second kappa shape index (κ2) is 4.20. The minimum Gasteiger partial charge on any atom is -0.482 e. The highest BCUT2D eigenvalue weighted by molar-refractivity contribution is 9.10. The molecule has 0 bridgehead atoms. The summed E-state index contributed by atoms with van der Waals surface area (Å²) in [6.45, 7) is 0.0730. The summed E-state index contributed by atoms with van der Waals surface area (Å²) >= 11 is 3.38. The molecule has 2 heterocycles. The fourth-order valence-electron chi connectivity index (χ4n) is 1.56. The van der Waals surface area contributed by atoms with Crippen molar-refractivity contribution in [3.8, 4) is 5.88 Å². The van der Waals surface area contributed by atoms with E-state index in [1.807, 2.05) is 22.6 Å². The van der Waals surface area contributed by atoms with Gasteiger partial charge in [0.1, 0.15) is 10.4 Å². The fraction of sp³-hybridized carbons (Fsp3) is 0.300. The van der Waals surface area contributed by atoms with Crippen LogP contribution in [0.4, 0.5) is 0 Å². The van der Waals surface area contributed by atoms with Crippen LogP contribution in [0.25, 0.3) is 5.52 Å². The van der Waals surface area contributed by atoms with Crippen LogP contribution in [0, 0.1) is 0 Å². The molecule has 2 aromatic heterocycles. The Bertz CT molecular complexity index is 481. The Morgan fingerprint density at radius 1 is 1.53 bits per heavy atom. The number of methoxy groups -OCH3 is 1. The maximum Gasteiger partial charge on any atom is 0.199 e. The third-order valence-electron chi connectivity index (χ3n) is 2.20. The Morgan fingerprint density at radius 2 is 2.33 bits per heavy atom. The van der Waals surface area contributed by atoms with E-state index in [0.29, 0.717) is 12.3 Å². The number of aromatic nitrogens is 2. The van der Waals surface area contributed by atoms with Crippen LogP contribution in [-0.4, -0.2) is 28.2 Å². The highest BCUT2D eigenvalue weighted by Crippen LogP contribution is 2.24. The second-order valence-electron chi connectivity index (χ2n) is 3.08. The molecule has 0 saturated carbocycles. The summed E-state index contributed by atoms with van der Waals surface area (Å²) in [5, 5.41) is 8.94. The van der Waals surface area contributed by atoms with E-state index in [1.165, 1.54) is 0 Å². The van der Waals surface area contributed by atoms with E-state index in [-0.39, 0.29) is 6.61 Å². The van der Waals surface area contributed by atoms with Gasteiger partial charge in [-0.1, -0.05) is 6.07 Å². The minimum absolute atomic E-state index is 0.0730.